The maximum absolute atomic E-state index is 8.93. The van der Waals surface area contributed by atoms with Crippen molar-refractivity contribution in [1.82, 2.24) is 35.2 Å². The number of hydrogen-bond acceptors (Lipinski definition) is 9. The minimum absolute atomic E-state index is 0.423. The van der Waals surface area contributed by atoms with Gasteiger partial charge in [0.25, 0.3) is 0 Å². The minimum Gasteiger partial charge on any atom is -0.361 e. The van der Waals surface area contributed by atoms with Crippen LogP contribution >= 0.6 is 24.4 Å². The monoisotopic (exact) mass is 693 g/mol. The number of nitrogens with zero attached hydrogens (tertiary/aromatic N) is 7. The molecule has 4 aromatic heterocycles. The first-order valence-electron chi connectivity index (χ1n) is 15.2. The topological polar surface area (TPSA) is 160 Å². The highest BCUT2D eigenvalue weighted by molar-refractivity contribution is 7.80. The zero-order chi connectivity index (χ0) is 34.8. The number of hydrogen-bond donors (Lipinski definition) is 4. The van der Waals surface area contributed by atoms with Crippen molar-refractivity contribution >= 4 is 51.7 Å². The predicted molar refractivity (Wildman–Crippen MR) is 195 cm³/mol. The van der Waals surface area contributed by atoms with E-state index in [2.05, 4.69) is 60.0 Å². The Morgan fingerprint density at radius 3 is 1.82 bits per heavy atom. The fourth-order valence-electron chi connectivity index (χ4n) is 4.72. The Morgan fingerprint density at radius 2 is 1.29 bits per heavy atom. The zero-order valence-electron chi connectivity index (χ0n) is 27.4. The molecular weight excluding hydrogens is 659 g/mol. The van der Waals surface area contributed by atoms with Gasteiger partial charge in [0.1, 0.15) is 11.5 Å². The molecule has 13 nitrogen and oxygen atoms in total. The van der Waals surface area contributed by atoms with Gasteiger partial charge in [-0.05, 0) is 75.9 Å². The van der Waals surface area contributed by atoms with Gasteiger partial charge in [0.15, 0.2) is 10.2 Å². The molecule has 0 radical (unpaired) electrons. The van der Waals surface area contributed by atoms with Crippen LogP contribution in [0.25, 0.3) is 0 Å². The van der Waals surface area contributed by atoms with Crippen LogP contribution in [0.4, 0.5) is 17.1 Å². The lowest BCUT2D eigenvalue weighted by Gasteiger charge is -2.09. The second-order valence-corrected chi connectivity index (χ2v) is 11.8. The SMILES string of the molecule is Cc1noc(C)c1Cn1cc(NC(=S)NCc2ccccc2)cn1.Cc1noc(C)c1Cn1cc(NC(=S)Nc2cccc(C#N)c2)cn1. The van der Waals surface area contributed by atoms with Crippen molar-refractivity contribution in [1.29, 1.82) is 5.26 Å². The van der Waals surface area contributed by atoms with E-state index in [1.807, 2.05) is 69.0 Å². The van der Waals surface area contributed by atoms with Crippen molar-refractivity contribution < 1.29 is 9.05 Å². The van der Waals surface area contributed by atoms with E-state index in [4.69, 9.17) is 38.7 Å². The molecule has 0 spiro atoms. The summed E-state index contributed by atoms with van der Waals surface area (Å²) < 4.78 is 14.0. The first-order valence-corrected chi connectivity index (χ1v) is 16.0. The molecule has 0 bridgehead atoms. The Balaban J connectivity index is 0.000000191. The molecule has 0 unspecified atom stereocenters. The van der Waals surface area contributed by atoms with Gasteiger partial charge >= 0.3 is 0 Å². The average molecular weight is 694 g/mol. The molecule has 0 aliphatic heterocycles. The second kappa shape index (κ2) is 16.3. The van der Waals surface area contributed by atoms with E-state index in [1.165, 1.54) is 5.56 Å². The van der Waals surface area contributed by atoms with Crippen molar-refractivity contribution in [2.24, 2.45) is 0 Å². The summed E-state index contributed by atoms with van der Waals surface area (Å²) >= 11 is 10.6. The van der Waals surface area contributed by atoms with Crippen LogP contribution in [0.15, 0.2) is 88.4 Å². The van der Waals surface area contributed by atoms with Crippen LogP contribution in [0.1, 0.15) is 45.2 Å². The first kappa shape index (κ1) is 34.5. The number of rotatable bonds is 9. The molecular formula is C34H35N11O2S2. The number of anilines is 3. The molecule has 2 aromatic carbocycles. The minimum atomic E-state index is 0.423. The normalized spacial score (nSPS) is 10.4. The maximum atomic E-state index is 8.93. The zero-order valence-corrected chi connectivity index (χ0v) is 29.0. The smallest absolute Gasteiger partial charge is 0.175 e. The highest BCUT2D eigenvalue weighted by atomic mass is 32.1. The molecule has 0 aliphatic rings. The summed E-state index contributed by atoms with van der Waals surface area (Å²) in [7, 11) is 0. The predicted octanol–water partition coefficient (Wildman–Crippen LogP) is 6.24. The van der Waals surface area contributed by atoms with E-state index in [0.717, 1.165) is 51.1 Å². The molecule has 0 atom stereocenters. The molecule has 250 valence electrons. The standard InChI is InChI=1S/C17H16N6OS.C17H19N5OS/c1-11-16(12(2)24-22-11)10-23-9-15(8-19-23)21-17(25)20-14-5-3-4-13(6-14)7-18;1-12-16(13(2)23-21-12)11-22-10-15(9-19-22)20-17(24)18-8-14-6-4-3-5-7-14/h3-6,8-9H,10H2,1-2H3,(H2,20,21,25);3-7,9-10H,8,11H2,1-2H3,(H2,18,20,24). The van der Waals surface area contributed by atoms with Gasteiger partial charge in [0, 0.05) is 35.8 Å². The quantitative estimate of drug-likeness (QED) is 0.126. The molecule has 4 N–H and O–H groups in total. The summed E-state index contributed by atoms with van der Waals surface area (Å²) in [5.41, 5.74) is 7.91. The van der Waals surface area contributed by atoms with E-state index in [0.29, 0.717) is 35.4 Å². The van der Waals surface area contributed by atoms with Gasteiger partial charge in [0.2, 0.25) is 0 Å². The van der Waals surface area contributed by atoms with Gasteiger partial charge < -0.3 is 30.3 Å². The Hall–Kier alpha value is -5.85. The molecule has 0 amide bonds. The third-order valence-corrected chi connectivity index (χ3v) is 7.78. The van der Waals surface area contributed by atoms with Crippen molar-refractivity contribution in [2.45, 2.75) is 47.3 Å². The van der Waals surface area contributed by atoms with Crippen molar-refractivity contribution in [3.8, 4) is 6.07 Å². The molecule has 0 fully saturated rings. The molecule has 15 heteroatoms. The van der Waals surface area contributed by atoms with Gasteiger partial charge in [-0.1, -0.05) is 46.7 Å². The largest absolute Gasteiger partial charge is 0.361 e. The van der Waals surface area contributed by atoms with Crippen LogP contribution in [0.2, 0.25) is 0 Å². The Labute approximate surface area is 294 Å². The third kappa shape index (κ3) is 9.83. The van der Waals surface area contributed by atoms with E-state index in [-0.39, 0.29) is 0 Å². The van der Waals surface area contributed by atoms with E-state index >= 15 is 0 Å². The van der Waals surface area contributed by atoms with Gasteiger partial charge in [-0.15, -0.1) is 0 Å². The van der Waals surface area contributed by atoms with Crippen molar-refractivity contribution in [2.75, 3.05) is 16.0 Å². The fraction of sp³-hybridized carbons (Fsp3) is 0.206. The molecule has 4 heterocycles. The summed E-state index contributed by atoms with van der Waals surface area (Å²) in [4.78, 5) is 0. The second-order valence-electron chi connectivity index (χ2n) is 11.0. The Morgan fingerprint density at radius 1 is 0.735 bits per heavy atom. The number of aryl methyl sites for hydroxylation is 4. The van der Waals surface area contributed by atoms with Gasteiger partial charge in [-0.3, -0.25) is 9.36 Å². The van der Waals surface area contributed by atoms with Crippen LogP contribution in [0.5, 0.6) is 0 Å². The highest BCUT2D eigenvalue weighted by Crippen LogP contribution is 2.17. The molecule has 0 saturated carbocycles. The molecule has 0 saturated heterocycles. The third-order valence-electron chi connectivity index (χ3n) is 7.33. The van der Waals surface area contributed by atoms with E-state index in [9.17, 15) is 0 Å². The molecule has 0 aliphatic carbocycles. The number of nitrogens with one attached hydrogen (secondary N) is 4. The lowest BCUT2D eigenvalue weighted by Crippen LogP contribution is -2.27. The number of benzene rings is 2. The summed E-state index contributed by atoms with van der Waals surface area (Å²) in [5.74, 6) is 1.61. The lowest BCUT2D eigenvalue weighted by molar-refractivity contribution is 0.391. The van der Waals surface area contributed by atoms with Crippen LogP contribution in [-0.2, 0) is 19.6 Å². The summed E-state index contributed by atoms with van der Waals surface area (Å²) in [5, 5.41) is 38.9. The number of aromatic nitrogens is 6. The molecule has 49 heavy (non-hydrogen) atoms. The molecule has 6 aromatic rings. The van der Waals surface area contributed by atoms with E-state index in [1.54, 1.807) is 35.3 Å². The van der Waals surface area contributed by atoms with Gasteiger partial charge in [0.05, 0.1) is 59.9 Å². The average Bonchev–Trinajstić information content (AvgIpc) is 3.88. The summed E-state index contributed by atoms with van der Waals surface area (Å²) in [6.45, 7) is 9.49. The fourth-order valence-corrected chi connectivity index (χ4v) is 5.15. The lowest BCUT2D eigenvalue weighted by atomic mass is 10.2. The molecule has 6 rings (SSSR count). The van der Waals surface area contributed by atoms with Gasteiger partial charge in [-0.25, -0.2) is 0 Å². The Kier molecular flexibility index (Phi) is 11.5. The van der Waals surface area contributed by atoms with Crippen LogP contribution < -0.4 is 21.3 Å². The number of nitriles is 1. The van der Waals surface area contributed by atoms with E-state index < -0.39 is 0 Å². The summed E-state index contributed by atoms with van der Waals surface area (Å²) in [6.07, 6.45) is 7.19. The van der Waals surface area contributed by atoms with Crippen LogP contribution in [-0.4, -0.2) is 40.1 Å². The van der Waals surface area contributed by atoms with Crippen LogP contribution in [0, 0.1) is 39.0 Å². The Bertz CT molecular complexity index is 2030. The first-order chi connectivity index (χ1) is 23.7. The van der Waals surface area contributed by atoms with Crippen LogP contribution in [0.3, 0.4) is 0 Å². The van der Waals surface area contributed by atoms with Gasteiger partial charge in [-0.2, -0.15) is 15.5 Å². The highest BCUT2D eigenvalue weighted by Gasteiger charge is 2.12. The number of thiocarbonyl (C=S) groups is 2. The van der Waals surface area contributed by atoms with Crippen molar-refractivity contribution in [3.05, 3.63) is 125 Å². The summed E-state index contributed by atoms with van der Waals surface area (Å²) in [6, 6.07) is 19.3. The maximum Gasteiger partial charge on any atom is 0.175 e. The van der Waals surface area contributed by atoms with Crippen molar-refractivity contribution in [3.63, 3.8) is 0 Å².